The van der Waals surface area contributed by atoms with Crippen LogP contribution in [0.2, 0.25) is 0 Å². The van der Waals surface area contributed by atoms with Crippen molar-refractivity contribution in [1.82, 2.24) is 0 Å². The summed E-state index contributed by atoms with van der Waals surface area (Å²) in [5.41, 5.74) is -0.727. The fourth-order valence-electron chi connectivity index (χ4n) is 1.23. The molecule has 0 atom stereocenters. The smallest absolute Gasteiger partial charge is 0.429 e. The fourth-order valence-corrected chi connectivity index (χ4v) is 1.48. The van der Waals surface area contributed by atoms with Crippen molar-refractivity contribution in [3.05, 3.63) is 24.3 Å². The summed E-state index contributed by atoms with van der Waals surface area (Å²) in [7, 11) is -6.19. The van der Waals surface area contributed by atoms with Crippen LogP contribution in [0.3, 0.4) is 0 Å². The van der Waals surface area contributed by atoms with Gasteiger partial charge in [-0.2, -0.15) is 8.78 Å². The molecule has 0 heterocycles. The molecule has 0 unspecified atom stereocenters. The molecule has 0 radical (unpaired) electrons. The van der Waals surface area contributed by atoms with Crippen LogP contribution in [0.4, 0.5) is 8.78 Å². The lowest BCUT2D eigenvalue weighted by Crippen LogP contribution is -2.40. The highest BCUT2D eigenvalue weighted by Gasteiger charge is 2.48. The topological polar surface area (TPSA) is 110 Å². The molecule has 134 valence electrons. The summed E-state index contributed by atoms with van der Waals surface area (Å²) >= 11 is 0. The number of esters is 2. The zero-order valence-electron chi connectivity index (χ0n) is 13.0. The molecule has 1 aromatic carbocycles. The number of halogens is 2. The highest BCUT2D eigenvalue weighted by molar-refractivity contribution is 7.87. The summed E-state index contributed by atoms with van der Waals surface area (Å²) in [6.07, 6.45) is 0.528. The molecular formula is C14H15F2O7S-. The highest BCUT2D eigenvalue weighted by atomic mass is 32.2. The molecule has 0 aliphatic heterocycles. The lowest BCUT2D eigenvalue weighted by molar-refractivity contribution is -0.151. The number of ether oxygens (including phenoxy) is 2. The van der Waals surface area contributed by atoms with Crippen molar-refractivity contribution in [2.75, 3.05) is 0 Å². The molecule has 0 aliphatic carbocycles. The van der Waals surface area contributed by atoms with Gasteiger partial charge in [0, 0.05) is 0 Å². The Morgan fingerprint density at radius 2 is 1.42 bits per heavy atom. The molecule has 0 saturated heterocycles. The molecule has 0 aromatic heterocycles. The van der Waals surface area contributed by atoms with Gasteiger partial charge in [0.25, 0.3) is 0 Å². The molecule has 0 bridgehead atoms. The van der Waals surface area contributed by atoms with Crippen LogP contribution in [0.1, 0.15) is 27.2 Å². The van der Waals surface area contributed by atoms with E-state index in [2.05, 4.69) is 4.74 Å². The molecule has 24 heavy (non-hydrogen) atoms. The number of benzene rings is 1. The Kier molecular flexibility index (Phi) is 5.67. The third-order valence-corrected chi connectivity index (χ3v) is 4.03. The zero-order valence-corrected chi connectivity index (χ0v) is 13.9. The van der Waals surface area contributed by atoms with E-state index in [1.54, 1.807) is 20.8 Å². The minimum absolute atomic E-state index is 0.0736. The van der Waals surface area contributed by atoms with E-state index in [4.69, 9.17) is 4.74 Å². The Morgan fingerprint density at radius 3 is 1.75 bits per heavy atom. The first-order chi connectivity index (χ1) is 10.8. The van der Waals surface area contributed by atoms with Crippen molar-refractivity contribution >= 4 is 22.1 Å². The van der Waals surface area contributed by atoms with Crippen LogP contribution in [0.15, 0.2) is 24.3 Å². The number of carbonyl (C=O) groups is 2. The first-order valence-electron chi connectivity index (χ1n) is 6.69. The van der Waals surface area contributed by atoms with E-state index in [9.17, 15) is 31.3 Å². The van der Waals surface area contributed by atoms with Crippen molar-refractivity contribution < 1.29 is 40.8 Å². The number of hydrogen-bond acceptors (Lipinski definition) is 7. The average molecular weight is 365 g/mol. The van der Waals surface area contributed by atoms with Crippen LogP contribution in [-0.2, 0) is 19.7 Å². The van der Waals surface area contributed by atoms with Crippen molar-refractivity contribution in [1.29, 1.82) is 0 Å². The van der Waals surface area contributed by atoms with Crippen molar-refractivity contribution in [3.63, 3.8) is 0 Å². The Labute approximate surface area is 137 Å². The van der Waals surface area contributed by atoms with Gasteiger partial charge in [-0.3, -0.25) is 4.79 Å². The number of rotatable bonds is 6. The Bertz CT molecular complexity index is 724. The average Bonchev–Trinajstić information content (AvgIpc) is 2.47. The maximum Gasteiger partial charge on any atom is 0.429 e. The lowest BCUT2D eigenvalue weighted by Gasteiger charge is -2.20. The molecule has 7 nitrogen and oxygen atoms in total. The Morgan fingerprint density at radius 1 is 1.04 bits per heavy atom. The highest BCUT2D eigenvalue weighted by Crippen LogP contribution is 2.27. The zero-order chi connectivity index (χ0) is 18.8. The van der Waals surface area contributed by atoms with E-state index in [1.165, 1.54) is 0 Å². The van der Waals surface area contributed by atoms with Crippen molar-refractivity contribution in [3.8, 4) is 11.5 Å². The van der Waals surface area contributed by atoms with Gasteiger partial charge in [-0.25, -0.2) is 13.2 Å². The van der Waals surface area contributed by atoms with E-state index in [-0.39, 0.29) is 5.75 Å². The van der Waals surface area contributed by atoms with Crippen LogP contribution in [-0.4, -0.2) is 30.2 Å². The number of carbonyl (C=O) groups excluding carboxylic acids is 2. The third-order valence-electron chi connectivity index (χ3n) is 3.23. The standard InChI is InChI=1S/C14H16F2O7S/c1-4-13(2,3)11(17)22-9-5-7-10(8-6-9)23-12(18)14(15,16)24(19,20)21/h5-8H,4H2,1-3H3,(H,19,20,21)/p-1. The predicted molar refractivity (Wildman–Crippen MR) is 76.4 cm³/mol. The van der Waals surface area contributed by atoms with Gasteiger partial charge < -0.3 is 14.0 Å². The monoisotopic (exact) mass is 365 g/mol. The summed E-state index contributed by atoms with van der Waals surface area (Å²) in [5.74, 6) is -3.41. The SMILES string of the molecule is CCC(C)(C)C(=O)Oc1ccc(OC(=O)C(F)(F)S(=O)(=O)[O-])cc1. The van der Waals surface area contributed by atoms with Crippen LogP contribution >= 0.6 is 0 Å². The van der Waals surface area contributed by atoms with Crippen LogP contribution in [0.5, 0.6) is 11.5 Å². The molecule has 0 fully saturated rings. The van der Waals surface area contributed by atoms with Crippen molar-refractivity contribution in [2.45, 2.75) is 32.4 Å². The second-order valence-corrected chi connectivity index (χ2v) is 6.88. The maximum absolute atomic E-state index is 13.0. The number of alkyl halides is 2. The summed E-state index contributed by atoms with van der Waals surface area (Å²) in [5, 5.41) is -5.21. The summed E-state index contributed by atoms with van der Waals surface area (Å²) in [6.45, 7) is 5.15. The second-order valence-electron chi connectivity index (χ2n) is 5.46. The molecule has 0 spiro atoms. The van der Waals surface area contributed by atoms with Crippen molar-refractivity contribution in [2.24, 2.45) is 5.41 Å². The molecule has 0 saturated carbocycles. The van der Waals surface area contributed by atoms with E-state index < -0.39 is 38.5 Å². The van der Waals surface area contributed by atoms with Crippen LogP contribution in [0, 0.1) is 5.41 Å². The van der Waals surface area contributed by atoms with E-state index in [0.29, 0.717) is 6.42 Å². The molecule has 10 heteroatoms. The third kappa shape index (κ3) is 4.48. The molecular weight excluding hydrogens is 350 g/mol. The molecule has 1 rings (SSSR count). The van der Waals surface area contributed by atoms with E-state index in [1.807, 2.05) is 0 Å². The van der Waals surface area contributed by atoms with Gasteiger partial charge in [0.1, 0.15) is 11.5 Å². The Balaban J connectivity index is 2.83. The predicted octanol–water partition coefficient (Wildman–Crippen LogP) is 2.07. The largest absolute Gasteiger partial charge is 0.743 e. The fraction of sp³-hybridized carbons (Fsp3) is 0.429. The summed E-state index contributed by atoms with van der Waals surface area (Å²) < 4.78 is 66.2. The molecule has 0 amide bonds. The van der Waals surface area contributed by atoms with Gasteiger partial charge in [0.2, 0.25) is 0 Å². The molecule has 1 aromatic rings. The van der Waals surface area contributed by atoms with Crippen LogP contribution in [0.25, 0.3) is 0 Å². The molecule has 0 N–H and O–H groups in total. The molecule has 0 aliphatic rings. The first-order valence-corrected chi connectivity index (χ1v) is 8.10. The second kappa shape index (κ2) is 6.81. The summed E-state index contributed by atoms with van der Waals surface area (Å²) in [4.78, 5) is 22.9. The van der Waals surface area contributed by atoms with E-state index >= 15 is 0 Å². The number of hydrogen-bond donors (Lipinski definition) is 0. The van der Waals surface area contributed by atoms with Gasteiger partial charge in [0.15, 0.2) is 10.1 Å². The quantitative estimate of drug-likeness (QED) is 0.431. The normalized spacial score (nSPS) is 12.6. The summed E-state index contributed by atoms with van der Waals surface area (Å²) in [6, 6.07) is 4.34. The van der Waals surface area contributed by atoms with Gasteiger partial charge in [-0.15, -0.1) is 0 Å². The van der Waals surface area contributed by atoms with Gasteiger partial charge in [-0.1, -0.05) is 6.92 Å². The lowest BCUT2D eigenvalue weighted by atomic mass is 9.91. The maximum atomic E-state index is 13.0. The van der Waals surface area contributed by atoms with E-state index in [0.717, 1.165) is 24.3 Å². The first kappa shape index (κ1) is 20.0. The Hall–Kier alpha value is -2.07. The van der Waals surface area contributed by atoms with Gasteiger partial charge in [-0.05, 0) is 44.5 Å². The van der Waals surface area contributed by atoms with Gasteiger partial charge >= 0.3 is 17.2 Å². The minimum atomic E-state index is -6.19. The van der Waals surface area contributed by atoms with Crippen LogP contribution < -0.4 is 9.47 Å². The van der Waals surface area contributed by atoms with Gasteiger partial charge in [0.05, 0.1) is 5.41 Å². The minimum Gasteiger partial charge on any atom is -0.743 e.